The van der Waals surface area contributed by atoms with Gasteiger partial charge in [-0.15, -0.1) is 0 Å². The van der Waals surface area contributed by atoms with Gasteiger partial charge in [-0.1, -0.05) is 69.5 Å². The van der Waals surface area contributed by atoms with Crippen LogP contribution < -0.4 is 4.74 Å². The van der Waals surface area contributed by atoms with Crippen LogP contribution in [0.5, 0.6) is 5.75 Å². The Morgan fingerprint density at radius 1 is 1.00 bits per heavy atom. The van der Waals surface area contributed by atoms with Crippen molar-refractivity contribution in [2.75, 3.05) is 13.7 Å². The number of halogens is 3. The molecular weight excluding hydrogens is 473 g/mol. The number of ether oxygens (including phenoxy) is 1. The van der Waals surface area contributed by atoms with Crippen molar-refractivity contribution >= 4 is 45.0 Å². The molecule has 0 fully saturated rings. The number of methoxy groups -OCH3 is 1. The summed E-state index contributed by atoms with van der Waals surface area (Å²) in [6.45, 7) is 0.936. The molecule has 0 unspecified atom stereocenters. The quantitative estimate of drug-likeness (QED) is 0.369. The summed E-state index contributed by atoms with van der Waals surface area (Å²) in [6.07, 6.45) is 0.616. The number of hydrogen-bond acceptors (Lipinski definition) is 2. The second-order valence-corrected chi connectivity index (χ2v) is 8.29. The monoisotopic (exact) mass is 491 g/mol. The number of rotatable bonds is 7. The average molecular weight is 493 g/mol. The van der Waals surface area contributed by atoms with Crippen molar-refractivity contribution in [2.24, 2.45) is 0 Å². The van der Waals surface area contributed by atoms with Gasteiger partial charge in [0.2, 0.25) is 0 Å². The fourth-order valence-electron chi connectivity index (χ4n) is 3.08. The Balaban J connectivity index is 1.87. The standard InChI is InChI=1S/C23H20BrCl2NO2/c1-29-22-8-3-2-5-18(22)15-27(23(28)17-6-4-7-19(24)13-17)12-11-16-9-10-20(25)14-21(16)26/h2-10,13-14H,11-12,15H2,1H3. The molecule has 29 heavy (non-hydrogen) atoms. The third-order valence-electron chi connectivity index (χ3n) is 4.58. The highest BCUT2D eigenvalue weighted by Crippen LogP contribution is 2.24. The van der Waals surface area contributed by atoms with Gasteiger partial charge < -0.3 is 9.64 Å². The van der Waals surface area contributed by atoms with Gasteiger partial charge in [-0.25, -0.2) is 0 Å². The molecular formula is C23H20BrCl2NO2. The molecule has 0 spiro atoms. The first kappa shape index (κ1) is 21.7. The molecule has 1 amide bonds. The Hall–Kier alpha value is -2.01. The van der Waals surface area contributed by atoms with Crippen LogP contribution in [-0.2, 0) is 13.0 Å². The Bertz CT molecular complexity index is 1010. The Morgan fingerprint density at radius 2 is 1.79 bits per heavy atom. The summed E-state index contributed by atoms with van der Waals surface area (Å²) in [6, 6.07) is 20.5. The fraction of sp³-hybridized carbons (Fsp3) is 0.174. The van der Waals surface area contributed by atoms with E-state index in [4.69, 9.17) is 27.9 Å². The van der Waals surface area contributed by atoms with Gasteiger partial charge in [0.1, 0.15) is 5.75 Å². The van der Waals surface area contributed by atoms with Crippen molar-refractivity contribution in [1.29, 1.82) is 0 Å². The van der Waals surface area contributed by atoms with E-state index in [0.29, 0.717) is 35.1 Å². The molecule has 0 aliphatic carbocycles. The SMILES string of the molecule is COc1ccccc1CN(CCc1ccc(Cl)cc1Cl)C(=O)c1cccc(Br)c1. The third kappa shape index (κ3) is 5.75. The van der Waals surface area contributed by atoms with Crippen LogP contribution in [0, 0.1) is 0 Å². The highest BCUT2D eigenvalue weighted by Gasteiger charge is 2.18. The zero-order valence-electron chi connectivity index (χ0n) is 15.9. The normalized spacial score (nSPS) is 10.6. The maximum Gasteiger partial charge on any atom is 0.254 e. The summed E-state index contributed by atoms with van der Waals surface area (Å²) in [5.74, 6) is 0.700. The lowest BCUT2D eigenvalue weighted by Gasteiger charge is -2.24. The number of para-hydroxylation sites is 1. The molecule has 3 aromatic rings. The summed E-state index contributed by atoms with van der Waals surface area (Å²) >= 11 is 15.8. The number of carbonyl (C=O) groups is 1. The van der Waals surface area contributed by atoms with Crippen LogP contribution in [0.4, 0.5) is 0 Å². The smallest absolute Gasteiger partial charge is 0.254 e. The number of hydrogen-bond donors (Lipinski definition) is 0. The van der Waals surface area contributed by atoms with Gasteiger partial charge in [-0.3, -0.25) is 4.79 Å². The summed E-state index contributed by atoms with van der Waals surface area (Å²) in [4.78, 5) is 15.1. The van der Waals surface area contributed by atoms with Crippen molar-refractivity contribution in [3.05, 3.63) is 97.9 Å². The van der Waals surface area contributed by atoms with E-state index in [0.717, 1.165) is 21.3 Å². The summed E-state index contributed by atoms with van der Waals surface area (Å²) in [5.41, 5.74) is 2.51. The molecule has 3 rings (SSSR count). The van der Waals surface area contributed by atoms with Crippen LogP contribution in [0.2, 0.25) is 10.0 Å². The van der Waals surface area contributed by atoms with Gasteiger partial charge in [-0.2, -0.15) is 0 Å². The van der Waals surface area contributed by atoms with Crippen molar-refractivity contribution in [3.8, 4) is 5.75 Å². The molecule has 0 saturated heterocycles. The Kier molecular flexibility index (Phi) is 7.59. The second-order valence-electron chi connectivity index (χ2n) is 6.53. The van der Waals surface area contributed by atoms with Crippen LogP contribution in [0.15, 0.2) is 71.2 Å². The first-order valence-electron chi connectivity index (χ1n) is 9.08. The summed E-state index contributed by atoms with van der Waals surface area (Å²) < 4.78 is 6.33. The van der Waals surface area contributed by atoms with Crippen molar-refractivity contribution in [3.63, 3.8) is 0 Å². The number of carbonyl (C=O) groups excluding carboxylic acids is 1. The lowest BCUT2D eigenvalue weighted by molar-refractivity contribution is 0.0744. The molecule has 3 aromatic carbocycles. The van der Waals surface area contributed by atoms with E-state index in [-0.39, 0.29) is 5.91 Å². The van der Waals surface area contributed by atoms with E-state index in [1.54, 1.807) is 13.2 Å². The lowest BCUT2D eigenvalue weighted by Crippen LogP contribution is -2.32. The molecule has 150 valence electrons. The summed E-state index contributed by atoms with van der Waals surface area (Å²) in [5, 5.41) is 1.19. The van der Waals surface area contributed by atoms with Crippen molar-refractivity contribution < 1.29 is 9.53 Å². The highest BCUT2D eigenvalue weighted by atomic mass is 79.9. The van der Waals surface area contributed by atoms with Crippen LogP contribution in [-0.4, -0.2) is 24.5 Å². The fourth-order valence-corrected chi connectivity index (χ4v) is 3.98. The van der Waals surface area contributed by atoms with Crippen LogP contribution >= 0.6 is 39.1 Å². The van der Waals surface area contributed by atoms with E-state index in [1.165, 1.54) is 0 Å². The van der Waals surface area contributed by atoms with E-state index in [9.17, 15) is 4.79 Å². The second kappa shape index (κ2) is 10.1. The largest absolute Gasteiger partial charge is 0.496 e. The lowest BCUT2D eigenvalue weighted by atomic mass is 10.1. The van der Waals surface area contributed by atoms with Crippen LogP contribution in [0.25, 0.3) is 0 Å². The van der Waals surface area contributed by atoms with Gasteiger partial charge in [0.25, 0.3) is 5.91 Å². The molecule has 0 N–H and O–H groups in total. The highest BCUT2D eigenvalue weighted by molar-refractivity contribution is 9.10. The third-order valence-corrected chi connectivity index (χ3v) is 5.66. The van der Waals surface area contributed by atoms with Crippen LogP contribution in [0.3, 0.4) is 0 Å². The molecule has 0 aromatic heterocycles. The van der Waals surface area contributed by atoms with Gasteiger partial charge in [0.15, 0.2) is 0 Å². The molecule has 6 heteroatoms. The molecule has 0 atom stereocenters. The summed E-state index contributed by atoms with van der Waals surface area (Å²) in [7, 11) is 1.63. The van der Waals surface area contributed by atoms with E-state index in [1.807, 2.05) is 65.6 Å². The van der Waals surface area contributed by atoms with E-state index in [2.05, 4.69) is 15.9 Å². The predicted octanol–water partition coefficient (Wildman–Crippen LogP) is 6.65. The molecule has 0 saturated carbocycles. The average Bonchev–Trinajstić information content (AvgIpc) is 2.72. The maximum absolute atomic E-state index is 13.3. The molecule has 0 bridgehead atoms. The van der Waals surface area contributed by atoms with Crippen LogP contribution in [0.1, 0.15) is 21.5 Å². The molecule has 0 heterocycles. The molecule has 3 nitrogen and oxygen atoms in total. The topological polar surface area (TPSA) is 29.5 Å². The van der Waals surface area contributed by atoms with Crippen molar-refractivity contribution in [1.82, 2.24) is 4.90 Å². The zero-order chi connectivity index (χ0) is 20.8. The van der Waals surface area contributed by atoms with Gasteiger partial charge in [0, 0.05) is 38.7 Å². The first-order chi connectivity index (χ1) is 14.0. The predicted molar refractivity (Wildman–Crippen MR) is 122 cm³/mol. The minimum absolute atomic E-state index is 0.0534. The zero-order valence-corrected chi connectivity index (χ0v) is 19.0. The molecule has 0 aliphatic heterocycles. The Morgan fingerprint density at radius 3 is 2.52 bits per heavy atom. The van der Waals surface area contributed by atoms with Crippen molar-refractivity contribution in [2.45, 2.75) is 13.0 Å². The number of amides is 1. The van der Waals surface area contributed by atoms with Gasteiger partial charge in [-0.05, 0) is 48.4 Å². The van der Waals surface area contributed by atoms with E-state index >= 15 is 0 Å². The molecule has 0 aliphatic rings. The maximum atomic E-state index is 13.3. The number of benzene rings is 3. The Labute approximate surface area is 189 Å². The van der Waals surface area contributed by atoms with Gasteiger partial charge in [0.05, 0.1) is 7.11 Å². The minimum atomic E-state index is -0.0534. The molecule has 0 radical (unpaired) electrons. The minimum Gasteiger partial charge on any atom is -0.496 e. The van der Waals surface area contributed by atoms with E-state index < -0.39 is 0 Å². The number of nitrogens with zero attached hydrogens (tertiary/aromatic N) is 1. The first-order valence-corrected chi connectivity index (χ1v) is 10.6. The van der Waals surface area contributed by atoms with Gasteiger partial charge >= 0.3 is 0 Å².